The van der Waals surface area contributed by atoms with E-state index >= 15 is 0 Å². The summed E-state index contributed by atoms with van der Waals surface area (Å²) in [6.45, 7) is 0. The van der Waals surface area contributed by atoms with Crippen LogP contribution in [0.4, 0.5) is 11.4 Å². The summed E-state index contributed by atoms with van der Waals surface area (Å²) in [5, 5.41) is 15.5. The molecule has 126 valence electrons. The summed E-state index contributed by atoms with van der Waals surface area (Å²) in [4.78, 5) is 10.4. The fourth-order valence-corrected chi connectivity index (χ4v) is 2.77. The highest BCUT2D eigenvalue weighted by Crippen LogP contribution is 2.29. The van der Waals surface area contributed by atoms with Gasteiger partial charge in [-0.3, -0.25) is 10.1 Å². The average Bonchev–Trinajstić information content (AvgIpc) is 2.62. The molecule has 0 saturated heterocycles. The van der Waals surface area contributed by atoms with E-state index in [9.17, 15) is 10.1 Å². The van der Waals surface area contributed by atoms with Crippen molar-refractivity contribution in [2.75, 3.05) is 5.32 Å². The molecule has 0 saturated carbocycles. The Bertz CT molecular complexity index is 818. The van der Waals surface area contributed by atoms with Crippen LogP contribution < -0.4 is 5.32 Å². The Balaban J connectivity index is 1.94. The molecular weight excluding hydrogens is 359 g/mol. The SMILES string of the molecule is O=[N+]([O-])c1ccc(NC(c2ccc(Cl)cc2)c2ccc(Cl)cc2)cc1. The summed E-state index contributed by atoms with van der Waals surface area (Å²) in [5.74, 6) is 0. The van der Waals surface area contributed by atoms with Gasteiger partial charge < -0.3 is 5.32 Å². The topological polar surface area (TPSA) is 55.2 Å². The summed E-state index contributed by atoms with van der Waals surface area (Å²) in [7, 11) is 0. The van der Waals surface area contributed by atoms with Gasteiger partial charge in [-0.1, -0.05) is 47.5 Å². The van der Waals surface area contributed by atoms with E-state index in [-0.39, 0.29) is 11.7 Å². The molecule has 0 atom stereocenters. The number of rotatable bonds is 5. The first-order chi connectivity index (χ1) is 12.0. The van der Waals surface area contributed by atoms with Crippen molar-refractivity contribution in [3.05, 3.63) is 104 Å². The Morgan fingerprint density at radius 3 is 1.60 bits per heavy atom. The molecule has 6 heteroatoms. The number of nitro benzene ring substituents is 1. The van der Waals surface area contributed by atoms with Gasteiger partial charge in [0.1, 0.15) is 0 Å². The Labute approximate surface area is 155 Å². The third kappa shape index (κ3) is 4.29. The highest BCUT2D eigenvalue weighted by Gasteiger charge is 2.15. The van der Waals surface area contributed by atoms with Gasteiger partial charge in [0.25, 0.3) is 5.69 Å². The Morgan fingerprint density at radius 2 is 1.20 bits per heavy atom. The van der Waals surface area contributed by atoms with Gasteiger partial charge in [0.2, 0.25) is 0 Å². The molecule has 3 aromatic carbocycles. The lowest BCUT2D eigenvalue weighted by Crippen LogP contribution is -2.12. The van der Waals surface area contributed by atoms with Crippen molar-refractivity contribution in [3.63, 3.8) is 0 Å². The molecule has 0 bridgehead atoms. The Hall–Kier alpha value is -2.56. The van der Waals surface area contributed by atoms with Crippen LogP contribution in [0.2, 0.25) is 10.0 Å². The number of nitro groups is 1. The van der Waals surface area contributed by atoms with Crippen molar-refractivity contribution < 1.29 is 4.92 Å². The van der Waals surface area contributed by atoms with Gasteiger partial charge in [0.15, 0.2) is 0 Å². The van der Waals surface area contributed by atoms with Gasteiger partial charge in [-0.15, -0.1) is 0 Å². The fraction of sp³-hybridized carbons (Fsp3) is 0.0526. The van der Waals surface area contributed by atoms with E-state index < -0.39 is 4.92 Å². The van der Waals surface area contributed by atoms with Crippen molar-refractivity contribution in [1.29, 1.82) is 0 Å². The molecular formula is C19H14Cl2N2O2. The van der Waals surface area contributed by atoms with Crippen LogP contribution in [0.25, 0.3) is 0 Å². The molecule has 0 heterocycles. The van der Waals surface area contributed by atoms with Gasteiger partial charge in [-0.25, -0.2) is 0 Å². The van der Waals surface area contributed by atoms with Crippen LogP contribution in [0.3, 0.4) is 0 Å². The molecule has 0 aliphatic rings. The largest absolute Gasteiger partial charge is 0.374 e. The van der Waals surface area contributed by atoms with Crippen LogP contribution in [-0.4, -0.2) is 4.92 Å². The highest BCUT2D eigenvalue weighted by atomic mass is 35.5. The average molecular weight is 373 g/mol. The summed E-state index contributed by atoms with van der Waals surface area (Å²) < 4.78 is 0. The number of nitrogens with one attached hydrogen (secondary N) is 1. The van der Waals surface area contributed by atoms with Crippen LogP contribution in [-0.2, 0) is 0 Å². The van der Waals surface area contributed by atoms with Crippen LogP contribution in [0.15, 0.2) is 72.8 Å². The molecule has 4 nitrogen and oxygen atoms in total. The number of hydrogen-bond donors (Lipinski definition) is 1. The molecule has 0 fully saturated rings. The first-order valence-electron chi connectivity index (χ1n) is 7.55. The first kappa shape index (κ1) is 17.3. The number of non-ortho nitro benzene ring substituents is 1. The van der Waals surface area contributed by atoms with E-state index in [1.54, 1.807) is 12.1 Å². The second-order valence-electron chi connectivity index (χ2n) is 5.48. The van der Waals surface area contributed by atoms with E-state index in [4.69, 9.17) is 23.2 Å². The van der Waals surface area contributed by atoms with E-state index in [1.165, 1.54) is 12.1 Å². The van der Waals surface area contributed by atoms with Crippen LogP contribution in [0, 0.1) is 10.1 Å². The van der Waals surface area contributed by atoms with Gasteiger partial charge in [0, 0.05) is 27.9 Å². The molecule has 0 aliphatic carbocycles. The van der Waals surface area contributed by atoms with E-state index in [0.717, 1.165) is 16.8 Å². The quantitative estimate of drug-likeness (QED) is 0.434. The van der Waals surface area contributed by atoms with E-state index in [1.807, 2.05) is 48.5 Å². The molecule has 0 aliphatic heterocycles. The normalized spacial score (nSPS) is 10.7. The number of benzene rings is 3. The van der Waals surface area contributed by atoms with Gasteiger partial charge in [-0.2, -0.15) is 0 Å². The predicted octanol–water partition coefficient (Wildman–Crippen LogP) is 6.10. The minimum Gasteiger partial charge on any atom is -0.374 e. The van der Waals surface area contributed by atoms with Crippen molar-refractivity contribution >= 4 is 34.6 Å². The fourth-order valence-electron chi connectivity index (χ4n) is 2.52. The van der Waals surface area contributed by atoms with Gasteiger partial charge >= 0.3 is 0 Å². The minimum absolute atomic E-state index is 0.0556. The second-order valence-corrected chi connectivity index (χ2v) is 6.36. The van der Waals surface area contributed by atoms with Crippen LogP contribution >= 0.6 is 23.2 Å². The van der Waals surface area contributed by atoms with E-state index in [2.05, 4.69) is 5.32 Å². The first-order valence-corrected chi connectivity index (χ1v) is 8.30. The predicted molar refractivity (Wildman–Crippen MR) is 101 cm³/mol. The summed E-state index contributed by atoms with van der Waals surface area (Å²) in [5.41, 5.74) is 2.87. The molecule has 0 amide bonds. The van der Waals surface area contributed by atoms with Crippen molar-refractivity contribution in [1.82, 2.24) is 0 Å². The number of anilines is 1. The molecule has 0 spiro atoms. The summed E-state index contributed by atoms with van der Waals surface area (Å²) >= 11 is 12.0. The van der Waals surface area contributed by atoms with Crippen molar-refractivity contribution in [2.24, 2.45) is 0 Å². The summed E-state index contributed by atoms with van der Waals surface area (Å²) in [6.07, 6.45) is 0. The zero-order valence-electron chi connectivity index (χ0n) is 13.0. The lowest BCUT2D eigenvalue weighted by molar-refractivity contribution is -0.384. The second kappa shape index (κ2) is 7.55. The highest BCUT2D eigenvalue weighted by molar-refractivity contribution is 6.30. The lowest BCUT2D eigenvalue weighted by atomic mass is 9.98. The molecule has 3 aromatic rings. The number of hydrogen-bond acceptors (Lipinski definition) is 3. The maximum atomic E-state index is 10.8. The van der Waals surface area contributed by atoms with Crippen LogP contribution in [0.1, 0.15) is 17.2 Å². The zero-order chi connectivity index (χ0) is 17.8. The van der Waals surface area contributed by atoms with Gasteiger partial charge in [-0.05, 0) is 47.5 Å². The number of nitrogens with zero attached hydrogens (tertiary/aromatic N) is 1. The van der Waals surface area contributed by atoms with Crippen LogP contribution in [0.5, 0.6) is 0 Å². The van der Waals surface area contributed by atoms with Gasteiger partial charge in [0.05, 0.1) is 11.0 Å². The lowest BCUT2D eigenvalue weighted by Gasteiger charge is -2.21. The monoisotopic (exact) mass is 372 g/mol. The molecule has 0 aromatic heterocycles. The zero-order valence-corrected chi connectivity index (χ0v) is 14.5. The standard InChI is InChI=1S/C19H14Cl2N2O2/c20-15-5-1-13(2-6-15)19(14-3-7-16(21)8-4-14)22-17-9-11-18(12-10-17)23(24)25/h1-12,19,22H. The molecule has 0 unspecified atom stereocenters. The smallest absolute Gasteiger partial charge is 0.269 e. The Kier molecular flexibility index (Phi) is 5.22. The molecule has 25 heavy (non-hydrogen) atoms. The summed E-state index contributed by atoms with van der Waals surface area (Å²) in [6, 6.07) is 21.3. The van der Waals surface area contributed by atoms with Crippen molar-refractivity contribution in [3.8, 4) is 0 Å². The maximum absolute atomic E-state index is 10.8. The maximum Gasteiger partial charge on any atom is 0.269 e. The minimum atomic E-state index is -0.417. The van der Waals surface area contributed by atoms with E-state index in [0.29, 0.717) is 10.0 Å². The molecule has 0 radical (unpaired) electrons. The third-order valence-corrected chi connectivity index (χ3v) is 4.30. The Morgan fingerprint density at radius 1 is 0.760 bits per heavy atom. The molecule has 3 rings (SSSR count). The van der Waals surface area contributed by atoms with Crippen molar-refractivity contribution in [2.45, 2.75) is 6.04 Å². The molecule has 1 N–H and O–H groups in total. The number of halogens is 2. The third-order valence-electron chi connectivity index (χ3n) is 3.80.